The van der Waals surface area contributed by atoms with Crippen LogP contribution in [0.3, 0.4) is 0 Å². The Labute approximate surface area is 272 Å². The van der Waals surface area contributed by atoms with Crippen LogP contribution in [0.5, 0.6) is 0 Å². The van der Waals surface area contributed by atoms with E-state index in [9.17, 15) is 23.1 Å². The monoisotopic (exact) mass is 658 g/mol. The number of rotatable bonds is 18. The minimum atomic E-state index is -4.07. The molecule has 0 saturated carbocycles. The molecule has 248 valence electrons. The average Bonchev–Trinajstić information content (AvgIpc) is 3.35. The van der Waals surface area contributed by atoms with E-state index in [0.717, 1.165) is 29.0 Å². The quantitative estimate of drug-likeness (QED) is 0.131. The molecule has 1 amide bonds. The van der Waals surface area contributed by atoms with Crippen molar-refractivity contribution in [2.24, 2.45) is 0 Å². The van der Waals surface area contributed by atoms with E-state index in [1.807, 2.05) is 6.07 Å². The van der Waals surface area contributed by atoms with Crippen LogP contribution in [0.15, 0.2) is 45.7 Å². The number of nitrogens with one attached hydrogen (secondary N) is 1. The van der Waals surface area contributed by atoms with E-state index in [-0.39, 0.29) is 17.3 Å². The number of carboxylic acids is 1. The molecule has 0 bridgehead atoms. The van der Waals surface area contributed by atoms with Crippen LogP contribution in [-0.4, -0.2) is 52.8 Å². The highest BCUT2D eigenvalue weighted by molar-refractivity contribution is 8.00. The number of carbonyl (C=O) groups excluding carboxylic acids is 1. The van der Waals surface area contributed by atoms with Crippen molar-refractivity contribution < 1.29 is 27.5 Å². The molecule has 8 nitrogen and oxygen atoms in total. The van der Waals surface area contributed by atoms with Gasteiger partial charge in [-0.25, -0.2) is 8.42 Å². The zero-order valence-electron chi connectivity index (χ0n) is 27.1. The van der Waals surface area contributed by atoms with Crippen LogP contribution in [0.25, 0.3) is 21.9 Å². The van der Waals surface area contributed by atoms with Gasteiger partial charge in [-0.05, 0) is 50.6 Å². The Balaban J connectivity index is 1.28. The summed E-state index contributed by atoms with van der Waals surface area (Å²) in [5.74, 6) is -0.674. The SMILES string of the molecule is CCCCCCCCCCCCCCCC(=O)Nc1ccc2c(c1)oc1ccc(S(=O)(=O)N3CCSC(C)(C)C3C(=O)O)cc12. The maximum atomic E-state index is 13.7. The molecule has 10 heteroatoms. The van der Waals surface area contributed by atoms with Crippen molar-refractivity contribution in [1.82, 2.24) is 4.31 Å². The van der Waals surface area contributed by atoms with Crippen LogP contribution in [0.2, 0.25) is 0 Å². The molecule has 0 aliphatic carbocycles. The Morgan fingerprint density at radius 3 is 2.13 bits per heavy atom. The number of carbonyl (C=O) groups is 2. The molecular formula is C35H50N2O6S2. The smallest absolute Gasteiger partial charge is 0.323 e. The number of nitrogens with zero attached hydrogens (tertiary/aromatic N) is 1. The molecule has 2 heterocycles. The molecule has 1 atom stereocenters. The molecule has 1 aromatic heterocycles. The maximum Gasteiger partial charge on any atom is 0.323 e. The lowest BCUT2D eigenvalue weighted by Crippen LogP contribution is -2.58. The molecule has 1 aliphatic heterocycles. The molecule has 1 saturated heterocycles. The third kappa shape index (κ3) is 9.26. The van der Waals surface area contributed by atoms with Crippen molar-refractivity contribution in [1.29, 1.82) is 0 Å². The number of amides is 1. The molecule has 2 aromatic carbocycles. The fraction of sp³-hybridized carbons (Fsp3) is 0.600. The molecule has 1 aliphatic rings. The fourth-order valence-electron chi connectivity index (χ4n) is 6.29. The van der Waals surface area contributed by atoms with E-state index in [0.29, 0.717) is 34.4 Å². The predicted octanol–water partition coefficient (Wildman–Crippen LogP) is 8.98. The van der Waals surface area contributed by atoms with Gasteiger partial charge in [0.15, 0.2) is 0 Å². The zero-order valence-corrected chi connectivity index (χ0v) is 28.7. The van der Waals surface area contributed by atoms with E-state index >= 15 is 0 Å². The third-order valence-corrected chi connectivity index (χ3v) is 12.0. The molecule has 2 N–H and O–H groups in total. The standard InChI is InChI=1S/C35H50N2O6S2/c1-4-5-6-7-8-9-10-11-12-13-14-15-16-17-32(38)36-26-18-20-28-29-25-27(19-21-30(29)43-31(28)24-26)45(41,42)37-22-23-44-35(2,3)33(37)34(39)40/h18-21,24-25,33H,4-17,22-23H2,1-3H3,(H,36,38)(H,39,40). The van der Waals surface area contributed by atoms with Gasteiger partial charge in [-0.15, -0.1) is 0 Å². The summed E-state index contributed by atoms with van der Waals surface area (Å²) in [7, 11) is -4.07. The first-order chi connectivity index (χ1) is 21.5. The summed E-state index contributed by atoms with van der Waals surface area (Å²) in [4.78, 5) is 24.7. The molecule has 45 heavy (non-hydrogen) atoms. The number of unbranched alkanes of at least 4 members (excludes halogenated alkanes) is 12. The highest BCUT2D eigenvalue weighted by Crippen LogP contribution is 2.39. The van der Waals surface area contributed by atoms with Gasteiger partial charge < -0.3 is 14.8 Å². The third-order valence-electron chi connectivity index (χ3n) is 8.81. The van der Waals surface area contributed by atoms with Crippen LogP contribution in [0.1, 0.15) is 111 Å². The van der Waals surface area contributed by atoms with Gasteiger partial charge in [0.2, 0.25) is 15.9 Å². The lowest BCUT2D eigenvalue weighted by Gasteiger charge is -2.42. The highest BCUT2D eigenvalue weighted by Gasteiger charge is 2.48. The van der Waals surface area contributed by atoms with Gasteiger partial charge in [-0.1, -0.05) is 84.0 Å². The Bertz CT molecular complexity index is 1550. The van der Waals surface area contributed by atoms with E-state index in [1.54, 1.807) is 38.1 Å². The second kappa shape index (κ2) is 16.3. The number of aliphatic carboxylic acids is 1. The minimum absolute atomic E-state index is 0.0295. The molecule has 0 spiro atoms. The van der Waals surface area contributed by atoms with Gasteiger partial charge in [0.05, 0.1) is 4.90 Å². The fourth-order valence-corrected chi connectivity index (χ4v) is 9.41. The lowest BCUT2D eigenvalue weighted by atomic mass is 10.0. The molecule has 4 rings (SSSR count). The first-order valence-electron chi connectivity index (χ1n) is 16.7. The molecule has 0 radical (unpaired) electrons. The number of carboxylic acid groups (broad SMARTS) is 1. The van der Waals surface area contributed by atoms with Gasteiger partial charge in [0.1, 0.15) is 17.2 Å². The van der Waals surface area contributed by atoms with Gasteiger partial charge in [0, 0.05) is 46.0 Å². The van der Waals surface area contributed by atoms with Gasteiger partial charge in [0.25, 0.3) is 0 Å². The first kappa shape index (κ1) is 35.3. The Morgan fingerprint density at radius 1 is 0.889 bits per heavy atom. The number of anilines is 1. The van der Waals surface area contributed by atoms with Crippen molar-refractivity contribution in [3.8, 4) is 0 Å². The van der Waals surface area contributed by atoms with Crippen LogP contribution in [0, 0.1) is 0 Å². The van der Waals surface area contributed by atoms with Gasteiger partial charge in [-0.3, -0.25) is 9.59 Å². The largest absolute Gasteiger partial charge is 0.480 e. The second-order valence-corrected chi connectivity index (χ2v) is 16.5. The number of benzene rings is 2. The number of hydrogen-bond donors (Lipinski definition) is 2. The van der Waals surface area contributed by atoms with Crippen molar-refractivity contribution >= 4 is 61.3 Å². The number of hydrogen-bond acceptors (Lipinski definition) is 6. The summed E-state index contributed by atoms with van der Waals surface area (Å²) in [6.07, 6.45) is 16.9. The van der Waals surface area contributed by atoms with Crippen LogP contribution < -0.4 is 5.32 Å². The average molecular weight is 659 g/mol. The van der Waals surface area contributed by atoms with Crippen LogP contribution >= 0.6 is 11.8 Å². The Hall–Kier alpha value is -2.56. The van der Waals surface area contributed by atoms with Gasteiger partial charge >= 0.3 is 5.97 Å². The zero-order chi connectivity index (χ0) is 32.5. The summed E-state index contributed by atoms with van der Waals surface area (Å²) in [6, 6.07) is 8.82. The van der Waals surface area contributed by atoms with E-state index in [2.05, 4.69) is 12.2 Å². The summed E-state index contributed by atoms with van der Waals surface area (Å²) in [6.45, 7) is 5.91. The molecule has 1 fully saturated rings. The van der Waals surface area contributed by atoms with Gasteiger partial charge in [-0.2, -0.15) is 16.1 Å². The highest BCUT2D eigenvalue weighted by atomic mass is 32.2. The van der Waals surface area contributed by atoms with E-state index < -0.39 is 26.8 Å². The number of fused-ring (bicyclic) bond motifs is 3. The van der Waals surface area contributed by atoms with Crippen molar-refractivity contribution in [3.05, 3.63) is 36.4 Å². The molecule has 1 unspecified atom stereocenters. The van der Waals surface area contributed by atoms with Crippen molar-refractivity contribution in [3.63, 3.8) is 0 Å². The van der Waals surface area contributed by atoms with E-state index in [1.165, 1.54) is 82.0 Å². The number of thioether (sulfide) groups is 1. The predicted molar refractivity (Wildman–Crippen MR) is 185 cm³/mol. The molecular weight excluding hydrogens is 609 g/mol. The summed E-state index contributed by atoms with van der Waals surface area (Å²) >= 11 is 1.46. The Morgan fingerprint density at radius 2 is 1.51 bits per heavy atom. The topological polar surface area (TPSA) is 117 Å². The summed E-state index contributed by atoms with van der Waals surface area (Å²) in [5, 5.41) is 14.2. The summed E-state index contributed by atoms with van der Waals surface area (Å²) in [5.41, 5.74) is 1.69. The minimum Gasteiger partial charge on any atom is -0.480 e. The number of furan rings is 1. The number of sulfonamides is 1. The maximum absolute atomic E-state index is 13.7. The van der Waals surface area contributed by atoms with Crippen molar-refractivity contribution in [2.75, 3.05) is 17.6 Å². The van der Waals surface area contributed by atoms with Crippen LogP contribution in [0.4, 0.5) is 5.69 Å². The van der Waals surface area contributed by atoms with Crippen LogP contribution in [-0.2, 0) is 19.6 Å². The second-order valence-electron chi connectivity index (χ2n) is 12.8. The Kier molecular flexibility index (Phi) is 12.8. The normalized spacial score (nSPS) is 17.2. The lowest BCUT2D eigenvalue weighted by molar-refractivity contribution is -0.142. The summed E-state index contributed by atoms with van der Waals surface area (Å²) < 4.78 is 33.7. The first-order valence-corrected chi connectivity index (χ1v) is 19.1. The van der Waals surface area contributed by atoms with E-state index in [4.69, 9.17) is 4.42 Å². The molecule has 3 aromatic rings. The van der Waals surface area contributed by atoms with Crippen molar-refractivity contribution in [2.45, 2.75) is 126 Å².